The molecule has 0 aliphatic rings. The third-order valence-electron chi connectivity index (χ3n) is 3.02. The lowest BCUT2D eigenvalue weighted by Crippen LogP contribution is -1.99. The fraction of sp³-hybridized carbons (Fsp3) is 0.250. The summed E-state index contributed by atoms with van der Waals surface area (Å²) < 4.78 is 12.1. The smallest absolute Gasteiger partial charge is 0.133 e. The Labute approximate surface area is 132 Å². The third-order valence-corrected chi connectivity index (χ3v) is 3.86. The molecule has 2 rings (SSSR count). The summed E-state index contributed by atoms with van der Waals surface area (Å²) in [6.45, 7) is 4.50. The van der Waals surface area contributed by atoms with Gasteiger partial charge in [0.2, 0.25) is 0 Å². The van der Waals surface area contributed by atoms with Crippen LogP contribution in [0.3, 0.4) is 0 Å². The molecule has 0 unspecified atom stereocenters. The van der Waals surface area contributed by atoms with Crippen LogP contribution < -0.4 is 9.47 Å². The van der Waals surface area contributed by atoms with Crippen LogP contribution >= 0.6 is 27.5 Å². The van der Waals surface area contributed by atoms with Gasteiger partial charge in [-0.05, 0) is 70.7 Å². The number of halogens is 2. The lowest BCUT2D eigenvalue weighted by atomic mass is 10.1. The number of hydrogen-bond donors (Lipinski definition) is 0. The van der Waals surface area contributed by atoms with Gasteiger partial charge < -0.3 is 9.47 Å². The fourth-order valence-electron chi connectivity index (χ4n) is 2.08. The average Bonchev–Trinajstić information content (AvgIpc) is 2.37. The third kappa shape index (κ3) is 3.47. The van der Waals surface area contributed by atoms with E-state index in [4.69, 9.17) is 21.1 Å². The molecule has 2 nitrogen and oxygen atoms in total. The summed E-state index contributed by atoms with van der Waals surface area (Å²) in [4.78, 5) is 0. The molecule has 0 amide bonds. The predicted octanol–water partition coefficient (Wildman–Crippen LogP) is 5.31. The van der Waals surface area contributed by atoms with Crippen molar-refractivity contribution in [2.45, 2.75) is 20.5 Å². The highest BCUT2D eigenvalue weighted by Crippen LogP contribution is 2.29. The number of hydrogen-bond acceptors (Lipinski definition) is 2. The molecule has 0 radical (unpaired) electrons. The van der Waals surface area contributed by atoms with Crippen LogP contribution in [-0.2, 0) is 6.61 Å². The standard InChI is InChI=1S/C16H16BrClO2/c1-10-6-13(18)7-11(2)16(10)20-9-12-4-5-15(19-3)14(17)8-12/h4-8H,9H2,1-3H3. The van der Waals surface area contributed by atoms with Crippen LogP contribution in [0.1, 0.15) is 16.7 Å². The van der Waals surface area contributed by atoms with Crippen molar-refractivity contribution in [3.8, 4) is 11.5 Å². The Bertz CT molecular complexity index is 603. The van der Waals surface area contributed by atoms with Gasteiger partial charge in [-0.3, -0.25) is 0 Å². The Kier molecular flexibility index (Phi) is 4.95. The molecule has 0 atom stereocenters. The predicted molar refractivity (Wildman–Crippen MR) is 86.0 cm³/mol. The average molecular weight is 356 g/mol. The first-order valence-electron chi connectivity index (χ1n) is 6.23. The van der Waals surface area contributed by atoms with E-state index in [1.807, 2.05) is 44.2 Å². The van der Waals surface area contributed by atoms with E-state index < -0.39 is 0 Å². The molecule has 4 heteroatoms. The molecular weight excluding hydrogens is 340 g/mol. The fourth-order valence-corrected chi connectivity index (χ4v) is 3.00. The first-order valence-corrected chi connectivity index (χ1v) is 7.40. The van der Waals surface area contributed by atoms with E-state index in [-0.39, 0.29) is 0 Å². The zero-order chi connectivity index (χ0) is 14.7. The van der Waals surface area contributed by atoms with Crippen LogP contribution in [0.25, 0.3) is 0 Å². The van der Waals surface area contributed by atoms with E-state index in [1.165, 1.54) is 0 Å². The van der Waals surface area contributed by atoms with Crippen LogP contribution in [0, 0.1) is 13.8 Å². The molecule has 0 aromatic heterocycles. The summed E-state index contributed by atoms with van der Waals surface area (Å²) in [6, 6.07) is 9.73. The largest absolute Gasteiger partial charge is 0.496 e. The van der Waals surface area contributed by atoms with Crippen molar-refractivity contribution in [2.75, 3.05) is 7.11 Å². The number of ether oxygens (including phenoxy) is 2. The van der Waals surface area contributed by atoms with Crippen molar-refractivity contribution >= 4 is 27.5 Å². The van der Waals surface area contributed by atoms with E-state index in [0.29, 0.717) is 6.61 Å². The highest BCUT2D eigenvalue weighted by molar-refractivity contribution is 9.10. The zero-order valence-electron chi connectivity index (χ0n) is 11.7. The van der Waals surface area contributed by atoms with Gasteiger partial charge in [-0.15, -0.1) is 0 Å². The highest BCUT2D eigenvalue weighted by atomic mass is 79.9. The molecule has 0 N–H and O–H groups in total. The highest BCUT2D eigenvalue weighted by Gasteiger charge is 2.07. The first-order chi connectivity index (χ1) is 9.51. The molecule has 0 fully saturated rings. The SMILES string of the molecule is COc1ccc(COc2c(C)cc(Cl)cc2C)cc1Br. The van der Waals surface area contributed by atoms with Crippen molar-refractivity contribution in [2.24, 2.45) is 0 Å². The number of aryl methyl sites for hydroxylation is 2. The van der Waals surface area contributed by atoms with Gasteiger partial charge in [0.25, 0.3) is 0 Å². The molecule has 2 aromatic carbocycles. The van der Waals surface area contributed by atoms with E-state index in [0.717, 1.165) is 37.7 Å². The summed E-state index contributed by atoms with van der Waals surface area (Å²) in [7, 11) is 1.65. The molecule has 0 spiro atoms. The molecular formula is C16H16BrClO2. The van der Waals surface area contributed by atoms with Gasteiger partial charge in [0.15, 0.2) is 0 Å². The van der Waals surface area contributed by atoms with Crippen molar-refractivity contribution in [1.29, 1.82) is 0 Å². The maximum Gasteiger partial charge on any atom is 0.133 e. The molecule has 2 aromatic rings. The molecule has 0 aliphatic carbocycles. The van der Waals surface area contributed by atoms with E-state index >= 15 is 0 Å². The van der Waals surface area contributed by atoms with E-state index in [2.05, 4.69) is 15.9 Å². The quantitative estimate of drug-likeness (QED) is 0.740. The van der Waals surface area contributed by atoms with Crippen molar-refractivity contribution in [1.82, 2.24) is 0 Å². The second kappa shape index (κ2) is 6.51. The van der Waals surface area contributed by atoms with Gasteiger partial charge >= 0.3 is 0 Å². The van der Waals surface area contributed by atoms with Crippen molar-refractivity contribution in [3.63, 3.8) is 0 Å². The first kappa shape index (κ1) is 15.2. The molecule has 0 aliphatic heterocycles. The van der Waals surface area contributed by atoms with Gasteiger partial charge in [0.1, 0.15) is 18.1 Å². The van der Waals surface area contributed by atoms with Gasteiger partial charge in [-0.25, -0.2) is 0 Å². The normalized spacial score (nSPS) is 10.4. The molecule has 0 saturated carbocycles. The van der Waals surface area contributed by atoms with Crippen LogP contribution in [0.4, 0.5) is 0 Å². The minimum atomic E-state index is 0.506. The van der Waals surface area contributed by atoms with Crippen molar-refractivity contribution in [3.05, 3.63) is 56.5 Å². The summed E-state index contributed by atoms with van der Waals surface area (Å²) in [6.07, 6.45) is 0. The maximum absolute atomic E-state index is 6.02. The lowest BCUT2D eigenvalue weighted by Gasteiger charge is -2.13. The molecule has 106 valence electrons. The maximum atomic E-state index is 6.02. The Hall–Kier alpha value is -1.19. The van der Waals surface area contributed by atoms with E-state index in [1.54, 1.807) is 7.11 Å². The van der Waals surface area contributed by atoms with E-state index in [9.17, 15) is 0 Å². The van der Waals surface area contributed by atoms with Crippen LogP contribution in [-0.4, -0.2) is 7.11 Å². The summed E-state index contributed by atoms with van der Waals surface area (Å²) in [5.74, 6) is 1.70. The zero-order valence-corrected chi connectivity index (χ0v) is 14.0. The molecule has 0 bridgehead atoms. The Balaban J connectivity index is 2.15. The minimum absolute atomic E-state index is 0.506. The minimum Gasteiger partial charge on any atom is -0.496 e. The Morgan fingerprint density at radius 1 is 1.10 bits per heavy atom. The number of methoxy groups -OCH3 is 1. The summed E-state index contributed by atoms with van der Waals surface area (Å²) >= 11 is 9.49. The Morgan fingerprint density at radius 3 is 2.30 bits per heavy atom. The molecule has 0 saturated heterocycles. The van der Waals surface area contributed by atoms with Crippen LogP contribution in [0.5, 0.6) is 11.5 Å². The molecule has 0 heterocycles. The second-order valence-electron chi connectivity index (χ2n) is 4.63. The Morgan fingerprint density at radius 2 is 1.75 bits per heavy atom. The van der Waals surface area contributed by atoms with Gasteiger partial charge in [-0.2, -0.15) is 0 Å². The van der Waals surface area contributed by atoms with Crippen LogP contribution in [0.15, 0.2) is 34.8 Å². The summed E-state index contributed by atoms with van der Waals surface area (Å²) in [5, 5.41) is 0.736. The van der Waals surface area contributed by atoms with Crippen molar-refractivity contribution < 1.29 is 9.47 Å². The summed E-state index contributed by atoms with van der Waals surface area (Å²) in [5.41, 5.74) is 3.16. The lowest BCUT2D eigenvalue weighted by molar-refractivity contribution is 0.301. The monoisotopic (exact) mass is 354 g/mol. The van der Waals surface area contributed by atoms with Gasteiger partial charge in [-0.1, -0.05) is 17.7 Å². The van der Waals surface area contributed by atoms with Gasteiger partial charge in [0.05, 0.1) is 11.6 Å². The molecule has 20 heavy (non-hydrogen) atoms. The number of rotatable bonds is 4. The topological polar surface area (TPSA) is 18.5 Å². The van der Waals surface area contributed by atoms with Crippen LogP contribution in [0.2, 0.25) is 5.02 Å². The second-order valence-corrected chi connectivity index (χ2v) is 5.92. The van der Waals surface area contributed by atoms with Gasteiger partial charge in [0, 0.05) is 5.02 Å². The number of benzene rings is 2.